The maximum Gasteiger partial charge on any atom is 0.305 e. The van der Waals surface area contributed by atoms with Gasteiger partial charge >= 0.3 is 5.97 Å². The summed E-state index contributed by atoms with van der Waals surface area (Å²) in [6.45, 7) is 9.38. The van der Waals surface area contributed by atoms with Crippen molar-refractivity contribution in [3.05, 3.63) is 0 Å². The van der Waals surface area contributed by atoms with Crippen LogP contribution >= 0.6 is 0 Å². The summed E-state index contributed by atoms with van der Waals surface area (Å²) in [5.41, 5.74) is -0.110. The highest BCUT2D eigenvalue weighted by Crippen LogP contribution is 2.03. The molecule has 0 bridgehead atoms. The number of hydrogen-bond acceptors (Lipinski definition) is 3. The summed E-state index contributed by atoms with van der Waals surface area (Å²) in [5, 5.41) is 3.31. The molecule has 0 unspecified atom stereocenters. The van der Waals surface area contributed by atoms with Gasteiger partial charge in [0.2, 0.25) is 0 Å². The molecule has 78 valence electrons. The van der Waals surface area contributed by atoms with Gasteiger partial charge in [-0.2, -0.15) is 0 Å². The molecular weight excluding hydrogens is 166 g/mol. The first-order valence-corrected chi connectivity index (χ1v) is 4.92. The minimum Gasteiger partial charge on any atom is -0.464 e. The van der Waals surface area contributed by atoms with Gasteiger partial charge in [0.05, 0.1) is 0 Å². The molecule has 0 spiro atoms. The van der Waals surface area contributed by atoms with Crippen molar-refractivity contribution >= 4 is 5.97 Å². The number of hydrogen-bond donors (Lipinski definition) is 1. The predicted octanol–water partition coefficient (Wildman–Crippen LogP) is 1.72. The SMILES string of the molecule is CCCNC(C)(C)COC(=O)CC. The molecule has 0 saturated carbocycles. The predicted molar refractivity (Wildman–Crippen MR) is 53.6 cm³/mol. The molecule has 1 N–H and O–H groups in total. The fourth-order valence-corrected chi connectivity index (χ4v) is 0.877. The van der Waals surface area contributed by atoms with Crippen LogP contribution in [0.15, 0.2) is 0 Å². The minimum absolute atomic E-state index is 0.110. The summed E-state index contributed by atoms with van der Waals surface area (Å²) < 4.78 is 5.05. The molecule has 3 nitrogen and oxygen atoms in total. The Morgan fingerprint density at radius 1 is 1.38 bits per heavy atom. The molecule has 0 aromatic heterocycles. The van der Waals surface area contributed by atoms with Crippen molar-refractivity contribution in [2.24, 2.45) is 0 Å². The molecule has 3 heteroatoms. The molecule has 0 aliphatic heterocycles. The van der Waals surface area contributed by atoms with E-state index in [2.05, 4.69) is 12.2 Å². The van der Waals surface area contributed by atoms with Crippen LogP contribution in [0.1, 0.15) is 40.5 Å². The van der Waals surface area contributed by atoms with Gasteiger partial charge < -0.3 is 10.1 Å². The van der Waals surface area contributed by atoms with Crippen LogP contribution in [-0.4, -0.2) is 24.7 Å². The number of nitrogens with one attached hydrogen (secondary N) is 1. The van der Waals surface area contributed by atoms with Crippen LogP contribution in [0.25, 0.3) is 0 Å². The van der Waals surface area contributed by atoms with Crippen molar-refractivity contribution in [2.45, 2.75) is 46.1 Å². The zero-order valence-corrected chi connectivity index (χ0v) is 9.14. The molecule has 0 radical (unpaired) electrons. The number of rotatable bonds is 6. The van der Waals surface area contributed by atoms with Crippen LogP contribution in [0.2, 0.25) is 0 Å². The van der Waals surface area contributed by atoms with Crippen LogP contribution in [0, 0.1) is 0 Å². The largest absolute Gasteiger partial charge is 0.464 e. The highest BCUT2D eigenvalue weighted by atomic mass is 16.5. The molecule has 0 aliphatic carbocycles. The Morgan fingerprint density at radius 2 is 2.00 bits per heavy atom. The van der Waals surface area contributed by atoms with Crippen LogP contribution in [0.3, 0.4) is 0 Å². The average Bonchev–Trinajstić information content (AvgIpc) is 2.11. The fourth-order valence-electron chi connectivity index (χ4n) is 0.877. The van der Waals surface area contributed by atoms with Gasteiger partial charge in [-0.1, -0.05) is 13.8 Å². The lowest BCUT2D eigenvalue weighted by Gasteiger charge is -2.25. The Bertz CT molecular complexity index is 155. The van der Waals surface area contributed by atoms with Crippen LogP contribution in [-0.2, 0) is 9.53 Å². The Hall–Kier alpha value is -0.570. The Morgan fingerprint density at radius 3 is 2.46 bits per heavy atom. The van der Waals surface area contributed by atoms with Crippen LogP contribution in [0.4, 0.5) is 0 Å². The summed E-state index contributed by atoms with van der Waals surface area (Å²) in [5.74, 6) is -0.133. The summed E-state index contributed by atoms with van der Waals surface area (Å²) in [6, 6.07) is 0. The monoisotopic (exact) mass is 187 g/mol. The normalized spacial score (nSPS) is 11.4. The van der Waals surface area contributed by atoms with Gasteiger partial charge in [0, 0.05) is 12.0 Å². The van der Waals surface area contributed by atoms with Crippen molar-refractivity contribution in [3.8, 4) is 0 Å². The quantitative estimate of drug-likeness (QED) is 0.643. The van der Waals surface area contributed by atoms with Crippen molar-refractivity contribution in [2.75, 3.05) is 13.2 Å². The lowest BCUT2D eigenvalue weighted by molar-refractivity contribution is -0.145. The molecule has 0 aromatic carbocycles. The molecule has 0 aromatic rings. The fraction of sp³-hybridized carbons (Fsp3) is 0.900. The third-order valence-corrected chi connectivity index (χ3v) is 1.74. The first-order valence-electron chi connectivity index (χ1n) is 4.92. The Kier molecular flexibility index (Phi) is 5.71. The van der Waals surface area contributed by atoms with Gasteiger partial charge in [-0.05, 0) is 26.8 Å². The van der Waals surface area contributed by atoms with E-state index in [4.69, 9.17) is 4.74 Å². The van der Waals surface area contributed by atoms with E-state index < -0.39 is 0 Å². The molecule has 0 heterocycles. The highest BCUT2D eigenvalue weighted by Gasteiger charge is 2.18. The van der Waals surface area contributed by atoms with E-state index in [1.807, 2.05) is 13.8 Å². The third-order valence-electron chi connectivity index (χ3n) is 1.74. The van der Waals surface area contributed by atoms with Gasteiger partial charge in [-0.25, -0.2) is 0 Å². The van der Waals surface area contributed by atoms with Gasteiger partial charge in [0.1, 0.15) is 6.61 Å². The van der Waals surface area contributed by atoms with E-state index in [0.29, 0.717) is 13.0 Å². The average molecular weight is 187 g/mol. The van der Waals surface area contributed by atoms with Gasteiger partial charge in [0.15, 0.2) is 0 Å². The van der Waals surface area contributed by atoms with Gasteiger partial charge in [-0.15, -0.1) is 0 Å². The number of carbonyl (C=O) groups excluding carboxylic acids is 1. The molecule has 13 heavy (non-hydrogen) atoms. The minimum atomic E-state index is -0.133. The molecule has 0 saturated heterocycles. The van der Waals surface area contributed by atoms with Crippen LogP contribution in [0.5, 0.6) is 0 Å². The van der Waals surface area contributed by atoms with Crippen LogP contribution < -0.4 is 5.32 Å². The van der Waals surface area contributed by atoms with Crippen molar-refractivity contribution in [1.82, 2.24) is 5.32 Å². The van der Waals surface area contributed by atoms with Crippen molar-refractivity contribution in [1.29, 1.82) is 0 Å². The number of ether oxygens (including phenoxy) is 1. The number of esters is 1. The van der Waals surface area contributed by atoms with E-state index in [1.54, 1.807) is 6.92 Å². The zero-order valence-electron chi connectivity index (χ0n) is 9.14. The van der Waals surface area contributed by atoms with E-state index in [9.17, 15) is 4.79 Å². The van der Waals surface area contributed by atoms with Gasteiger partial charge in [-0.3, -0.25) is 4.79 Å². The third kappa shape index (κ3) is 6.58. The Labute approximate surface area is 80.8 Å². The summed E-state index contributed by atoms with van der Waals surface area (Å²) in [6.07, 6.45) is 1.54. The zero-order chi connectivity index (χ0) is 10.3. The Balaban J connectivity index is 3.67. The van der Waals surface area contributed by atoms with E-state index in [-0.39, 0.29) is 11.5 Å². The first kappa shape index (κ1) is 12.4. The summed E-state index contributed by atoms with van der Waals surface area (Å²) >= 11 is 0. The van der Waals surface area contributed by atoms with Gasteiger partial charge in [0.25, 0.3) is 0 Å². The second-order valence-corrected chi connectivity index (χ2v) is 3.82. The van der Waals surface area contributed by atoms with Crippen molar-refractivity contribution in [3.63, 3.8) is 0 Å². The molecule has 0 amide bonds. The van der Waals surface area contributed by atoms with E-state index in [0.717, 1.165) is 13.0 Å². The molecule has 0 rings (SSSR count). The molecule has 0 fully saturated rings. The maximum absolute atomic E-state index is 10.9. The van der Waals surface area contributed by atoms with Crippen molar-refractivity contribution < 1.29 is 9.53 Å². The van der Waals surface area contributed by atoms with E-state index in [1.165, 1.54) is 0 Å². The second kappa shape index (κ2) is 5.97. The topological polar surface area (TPSA) is 38.3 Å². The first-order chi connectivity index (χ1) is 6.02. The smallest absolute Gasteiger partial charge is 0.305 e. The molecular formula is C10H21NO2. The standard InChI is InChI=1S/C10H21NO2/c1-5-7-11-10(3,4)8-13-9(12)6-2/h11H,5-8H2,1-4H3. The second-order valence-electron chi connectivity index (χ2n) is 3.82. The highest BCUT2D eigenvalue weighted by molar-refractivity contribution is 5.68. The lowest BCUT2D eigenvalue weighted by Crippen LogP contribution is -2.44. The summed E-state index contributed by atoms with van der Waals surface area (Å²) in [4.78, 5) is 10.9. The molecule has 0 aliphatic rings. The molecule has 0 atom stereocenters. The lowest BCUT2D eigenvalue weighted by atomic mass is 10.1. The van der Waals surface area contributed by atoms with E-state index >= 15 is 0 Å². The number of carbonyl (C=O) groups is 1. The summed E-state index contributed by atoms with van der Waals surface area (Å²) in [7, 11) is 0. The maximum atomic E-state index is 10.9.